The third-order valence-electron chi connectivity index (χ3n) is 2.59. The van der Waals surface area contributed by atoms with Crippen LogP contribution in [-0.4, -0.2) is 36.0 Å². The number of aryl methyl sites for hydroxylation is 1. The normalized spacial score (nSPS) is 14.4. The number of guanidine groups is 1. The van der Waals surface area contributed by atoms with Crippen molar-refractivity contribution < 1.29 is 0 Å². The minimum absolute atomic E-state index is 0. The van der Waals surface area contributed by atoms with E-state index in [0.717, 1.165) is 31.3 Å². The highest BCUT2D eigenvalue weighted by Gasteiger charge is 2.11. The third-order valence-corrected chi connectivity index (χ3v) is 2.59. The Morgan fingerprint density at radius 3 is 2.94 bits per heavy atom. The van der Waals surface area contributed by atoms with E-state index < -0.39 is 0 Å². The maximum absolute atomic E-state index is 4.37. The van der Waals surface area contributed by atoms with E-state index in [1.807, 2.05) is 19.3 Å². The Labute approximate surface area is 113 Å². The van der Waals surface area contributed by atoms with Crippen LogP contribution in [0.2, 0.25) is 0 Å². The molecular weight excluding hydrogens is 315 g/mol. The van der Waals surface area contributed by atoms with Crippen LogP contribution < -0.4 is 5.32 Å². The highest BCUT2D eigenvalue weighted by atomic mass is 127. The van der Waals surface area contributed by atoms with Crippen LogP contribution in [0.5, 0.6) is 0 Å². The van der Waals surface area contributed by atoms with E-state index in [4.69, 9.17) is 0 Å². The van der Waals surface area contributed by atoms with Gasteiger partial charge in [0.1, 0.15) is 0 Å². The predicted molar refractivity (Wildman–Crippen MR) is 76.2 cm³/mol. The van der Waals surface area contributed by atoms with Gasteiger partial charge in [-0.05, 0) is 18.6 Å². The van der Waals surface area contributed by atoms with E-state index in [-0.39, 0.29) is 24.0 Å². The molecule has 0 spiro atoms. The van der Waals surface area contributed by atoms with E-state index in [1.54, 1.807) is 0 Å². The van der Waals surface area contributed by atoms with Crippen molar-refractivity contribution in [2.75, 3.05) is 20.1 Å². The Balaban J connectivity index is 0.00000128. The van der Waals surface area contributed by atoms with Crippen LogP contribution in [0.25, 0.3) is 0 Å². The predicted octanol–water partition coefficient (Wildman–Crippen LogP) is 1.40. The van der Waals surface area contributed by atoms with Crippen molar-refractivity contribution in [3.63, 3.8) is 0 Å². The Bertz CT molecular complexity index is 378. The zero-order chi connectivity index (χ0) is 10.7. The first-order valence-corrected chi connectivity index (χ1v) is 5.17. The number of nitrogens with one attached hydrogen (secondary N) is 1. The molecule has 16 heavy (non-hydrogen) atoms. The van der Waals surface area contributed by atoms with Gasteiger partial charge < -0.3 is 10.2 Å². The third kappa shape index (κ3) is 3.07. The molecule has 1 aromatic heterocycles. The fourth-order valence-corrected chi connectivity index (χ4v) is 1.59. The van der Waals surface area contributed by atoms with Crippen molar-refractivity contribution in [2.45, 2.75) is 13.5 Å². The summed E-state index contributed by atoms with van der Waals surface area (Å²) < 4.78 is 0. The van der Waals surface area contributed by atoms with Gasteiger partial charge in [-0.2, -0.15) is 0 Å². The van der Waals surface area contributed by atoms with E-state index >= 15 is 0 Å². The summed E-state index contributed by atoms with van der Waals surface area (Å²) >= 11 is 0. The average Bonchev–Trinajstić information content (AvgIpc) is 2.63. The summed E-state index contributed by atoms with van der Waals surface area (Å²) in [7, 11) is 2.05. The van der Waals surface area contributed by atoms with Gasteiger partial charge in [-0.1, -0.05) is 6.07 Å². The van der Waals surface area contributed by atoms with Gasteiger partial charge in [0.15, 0.2) is 5.96 Å². The number of aromatic nitrogens is 1. The molecule has 1 aliphatic heterocycles. The summed E-state index contributed by atoms with van der Waals surface area (Å²) in [5.41, 5.74) is 2.30. The summed E-state index contributed by atoms with van der Waals surface area (Å²) in [4.78, 5) is 10.8. The van der Waals surface area contributed by atoms with Crippen LogP contribution in [0.4, 0.5) is 0 Å². The maximum atomic E-state index is 4.37. The van der Waals surface area contributed by atoms with Gasteiger partial charge in [0.05, 0.1) is 18.8 Å². The molecule has 88 valence electrons. The van der Waals surface area contributed by atoms with Gasteiger partial charge in [0.25, 0.3) is 0 Å². The zero-order valence-electron chi connectivity index (χ0n) is 9.60. The molecule has 2 rings (SSSR count). The molecule has 2 heterocycles. The Morgan fingerprint density at radius 1 is 1.50 bits per heavy atom. The van der Waals surface area contributed by atoms with Crippen LogP contribution in [0, 0.1) is 6.92 Å². The number of hydrogen-bond acceptors (Lipinski definition) is 4. The minimum Gasteiger partial charge on any atom is -0.351 e. The SMILES string of the molecule is Cc1cccnc1CNC1=NCCN1C.I. The van der Waals surface area contributed by atoms with Crippen LogP contribution in [0.1, 0.15) is 11.3 Å². The summed E-state index contributed by atoms with van der Waals surface area (Å²) in [5, 5.41) is 3.30. The van der Waals surface area contributed by atoms with Crippen LogP contribution in [0.3, 0.4) is 0 Å². The lowest BCUT2D eigenvalue weighted by atomic mass is 10.2. The summed E-state index contributed by atoms with van der Waals surface area (Å²) in [6.07, 6.45) is 1.82. The lowest BCUT2D eigenvalue weighted by molar-refractivity contribution is 0.533. The number of likely N-dealkylation sites (N-methyl/N-ethyl adjacent to an activating group) is 1. The van der Waals surface area contributed by atoms with Gasteiger partial charge in [0.2, 0.25) is 0 Å². The molecule has 0 aromatic carbocycles. The fraction of sp³-hybridized carbons (Fsp3) is 0.455. The highest BCUT2D eigenvalue weighted by molar-refractivity contribution is 14.0. The molecule has 0 unspecified atom stereocenters. The Hall–Kier alpha value is -0.850. The molecule has 0 saturated heterocycles. The molecular formula is C11H17IN4. The Kier molecular flexibility index (Phi) is 4.98. The zero-order valence-corrected chi connectivity index (χ0v) is 11.9. The van der Waals surface area contributed by atoms with Gasteiger partial charge in [-0.25, -0.2) is 0 Å². The summed E-state index contributed by atoms with van der Waals surface area (Å²) in [6, 6.07) is 4.03. The standard InChI is InChI=1S/C11H16N4.HI/c1-9-4-3-5-12-10(9)8-14-11-13-6-7-15(11)2;/h3-5H,6-8H2,1-2H3,(H,13,14);1H. The van der Waals surface area contributed by atoms with E-state index in [2.05, 4.69) is 33.2 Å². The lowest BCUT2D eigenvalue weighted by Crippen LogP contribution is -2.35. The molecule has 1 aromatic rings. The number of halogens is 1. The van der Waals surface area contributed by atoms with Gasteiger partial charge >= 0.3 is 0 Å². The molecule has 0 saturated carbocycles. The van der Waals surface area contributed by atoms with Gasteiger partial charge in [-0.3, -0.25) is 9.98 Å². The molecule has 4 nitrogen and oxygen atoms in total. The van der Waals surface area contributed by atoms with Crippen LogP contribution in [0.15, 0.2) is 23.3 Å². The smallest absolute Gasteiger partial charge is 0.194 e. The van der Waals surface area contributed by atoms with Crippen molar-refractivity contribution in [1.29, 1.82) is 0 Å². The molecule has 0 bridgehead atoms. The van der Waals surface area contributed by atoms with E-state index in [0.29, 0.717) is 0 Å². The topological polar surface area (TPSA) is 40.5 Å². The minimum atomic E-state index is 0. The quantitative estimate of drug-likeness (QED) is 0.833. The fourth-order valence-electron chi connectivity index (χ4n) is 1.59. The Morgan fingerprint density at radius 2 is 2.31 bits per heavy atom. The molecule has 0 fully saturated rings. The second kappa shape index (κ2) is 6.03. The number of rotatable bonds is 2. The molecule has 0 amide bonds. The second-order valence-electron chi connectivity index (χ2n) is 3.75. The van der Waals surface area contributed by atoms with E-state index in [9.17, 15) is 0 Å². The van der Waals surface area contributed by atoms with Crippen LogP contribution >= 0.6 is 24.0 Å². The number of nitrogens with zero attached hydrogens (tertiary/aromatic N) is 3. The second-order valence-corrected chi connectivity index (χ2v) is 3.75. The molecule has 1 aliphatic rings. The maximum Gasteiger partial charge on any atom is 0.194 e. The molecule has 5 heteroatoms. The number of aliphatic imine (C=N–C) groups is 1. The first kappa shape index (κ1) is 13.2. The number of hydrogen-bond donors (Lipinski definition) is 1. The monoisotopic (exact) mass is 332 g/mol. The molecule has 1 N–H and O–H groups in total. The van der Waals surface area contributed by atoms with Crippen molar-refractivity contribution in [3.05, 3.63) is 29.6 Å². The summed E-state index contributed by atoms with van der Waals surface area (Å²) in [6.45, 7) is 4.71. The first-order valence-electron chi connectivity index (χ1n) is 5.17. The molecule has 0 aliphatic carbocycles. The van der Waals surface area contributed by atoms with Crippen LogP contribution in [-0.2, 0) is 6.54 Å². The van der Waals surface area contributed by atoms with Gasteiger partial charge in [0, 0.05) is 19.8 Å². The van der Waals surface area contributed by atoms with Gasteiger partial charge in [-0.15, -0.1) is 24.0 Å². The largest absolute Gasteiger partial charge is 0.351 e. The van der Waals surface area contributed by atoms with Crippen molar-refractivity contribution >= 4 is 29.9 Å². The average molecular weight is 332 g/mol. The van der Waals surface area contributed by atoms with Crippen molar-refractivity contribution in [3.8, 4) is 0 Å². The number of pyridine rings is 1. The first-order chi connectivity index (χ1) is 7.27. The van der Waals surface area contributed by atoms with Crippen molar-refractivity contribution in [2.24, 2.45) is 4.99 Å². The van der Waals surface area contributed by atoms with E-state index in [1.165, 1.54) is 5.56 Å². The molecule has 0 radical (unpaired) electrons. The van der Waals surface area contributed by atoms with Crippen molar-refractivity contribution in [1.82, 2.24) is 15.2 Å². The lowest BCUT2D eigenvalue weighted by Gasteiger charge is -2.15. The summed E-state index contributed by atoms with van der Waals surface area (Å²) in [5.74, 6) is 0.972. The molecule has 0 atom stereocenters. The highest BCUT2D eigenvalue weighted by Crippen LogP contribution is 2.03.